The van der Waals surface area contributed by atoms with Gasteiger partial charge in [-0.2, -0.15) is 0 Å². The predicted molar refractivity (Wildman–Crippen MR) is 131 cm³/mol. The van der Waals surface area contributed by atoms with Crippen molar-refractivity contribution >= 4 is 27.6 Å². The zero-order valence-electron chi connectivity index (χ0n) is 18.8. The maximum Gasteiger partial charge on any atom is 0.213 e. The molecule has 0 fully saturated rings. The van der Waals surface area contributed by atoms with Crippen LogP contribution in [0.1, 0.15) is 30.9 Å². The van der Waals surface area contributed by atoms with E-state index in [1.54, 1.807) is 0 Å². The van der Waals surface area contributed by atoms with Crippen molar-refractivity contribution in [3.8, 4) is 22.4 Å². The second-order valence-corrected chi connectivity index (χ2v) is 8.66. The lowest BCUT2D eigenvalue weighted by Gasteiger charge is -2.10. The van der Waals surface area contributed by atoms with Crippen LogP contribution in [0, 0.1) is 13.5 Å². The van der Waals surface area contributed by atoms with E-state index in [1.807, 2.05) is 48.5 Å². The second-order valence-electron chi connectivity index (χ2n) is 8.66. The molecular weight excluding hydrogens is 392 g/mol. The number of benzene rings is 3. The number of furan rings is 1. The average molecular weight is 418 g/mol. The number of hydrogen-bond donors (Lipinski definition) is 0. The largest absolute Gasteiger partial charge is 0.457 e. The van der Waals surface area contributed by atoms with Gasteiger partial charge in [-0.1, -0.05) is 62.4 Å². The van der Waals surface area contributed by atoms with Crippen LogP contribution in [0.4, 0.5) is 5.69 Å². The third-order valence-corrected chi connectivity index (χ3v) is 6.27. The van der Waals surface area contributed by atoms with Crippen molar-refractivity contribution in [2.24, 2.45) is 7.05 Å². The highest BCUT2D eigenvalue weighted by atomic mass is 16.3. The number of pyridine rings is 1. The lowest BCUT2D eigenvalue weighted by Crippen LogP contribution is -2.31. The second kappa shape index (κ2) is 7.66. The van der Waals surface area contributed by atoms with Crippen LogP contribution in [0.3, 0.4) is 0 Å². The maximum atomic E-state index is 7.73. The first kappa shape index (κ1) is 20.0. The van der Waals surface area contributed by atoms with Gasteiger partial charge in [0.1, 0.15) is 18.2 Å². The summed E-state index contributed by atoms with van der Waals surface area (Å²) >= 11 is 0. The molecule has 2 aromatic heterocycles. The minimum absolute atomic E-state index is 0.446. The normalized spacial score (nSPS) is 11.4. The van der Waals surface area contributed by atoms with Crippen LogP contribution in [-0.2, 0) is 7.05 Å². The first-order valence-corrected chi connectivity index (χ1v) is 10.9. The molecular formula is C29H25N2O+. The highest BCUT2D eigenvalue weighted by Crippen LogP contribution is 2.44. The molecule has 3 heteroatoms. The average Bonchev–Trinajstić information content (AvgIpc) is 3.18. The Hall–Kier alpha value is -3.90. The fourth-order valence-corrected chi connectivity index (χ4v) is 4.53. The van der Waals surface area contributed by atoms with Gasteiger partial charge >= 0.3 is 0 Å². The van der Waals surface area contributed by atoms with Crippen molar-refractivity contribution in [1.29, 1.82) is 0 Å². The van der Waals surface area contributed by atoms with Crippen molar-refractivity contribution in [2.75, 3.05) is 0 Å². The Morgan fingerprint density at radius 3 is 2.44 bits per heavy atom. The number of rotatable bonds is 3. The van der Waals surface area contributed by atoms with Crippen LogP contribution in [0.5, 0.6) is 0 Å². The van der Waals surface area contributed by atoms with Crippen LogP contribution in [-0.4, -0.2) is 0 Å². The topological polar surface area (TPSA) is 21.4 Å². The quantitative estimate of drug-likeness (QED) is 0.217. The minimum Gasteiger partial charge on any atom is -0.457 e. The van der Waals surface area contributed by atoms with E-state index < -0.39 is 0 Å². The molecule has 32 heavy (non-hydrogen) atoms. The summed E-state index contributed by atoms with van der Waals surface area (Å²) in [7, 11) is 2.09. The molecule has 0 unspecified atom stereocenters. The molecule has 5 aromatic rings. The Morgan fingerprint density at radius 1 is 0.938 bits per heavy atom. The van der Waals surface area contributed by atoms with Gasteiger partial charge < -0.3 is 4.42 Å². The van der Waals surface area contributed by atoms with Crippen molar-refractivity contribution in [1.82, 2.24) is 0 Å². The molecule has 0 aliphatic carbocycles. The van der Waals surface area contributed by atoms with Gasteiger partial charge in [0.05, 0.1) is 12.1 Å². The highest BCUT2D eigenvalue weighted by Gasteiger charge is 2.23. The van der Waals surface area contributed by atoms with Crippen molar-refractivity contribution in [3.05, 3.63) is 95.5 Å². The molecule has 0 saturated heterocycles. The number of hydrogen-bond acceptors (Lipinski definition) is 1. The summed E-state index contributed by atoms with van der Waals surface area (Å²) in [5, 5.41) is 2.14. The van der Waals surface area contributed by atoms with Gasteiger partial charge in [0.15, 0.2) is 11.9 Å². The van der Waals surface area contributed by atoms with E-state index in [1.165, 1.54) is 16.7 Å². The summed E-state index contributed by atoms with van der Waals surface area (Å²) in [4.78, 5) is 3.80. The van der Waals surface area contributed by atoms with Crippen LogP contribution in [0.25, 0.3) is 49.2 Å². The van der Waals surface area contributed by atoms with Gasteiger partial charge in [-0.15, -0.1) is 0 Å². The number of aryl methyl sites for hydroxylation is 2. The molecule has 3 nitrogen and oxygen atoms in total. The van der Waals surface area contributed by atoms with E-state index >= 15 is 0 Å². The molecule has 0 amide bonds. The number of aromatic nitrogens is 1. The van der Waals surface area contributed by atoms with Crippen LogP contribution < -0.4 is 4.57 Å². The predicted octanol–water partition coefficient (Wildman–Crippen LogP) is 7.73. The van der Waals surface area contributed by atoms with Gasteiger partial charge in [-0.25, -0.2) is 9.41 Å². The van der Waals surface area contributed by atoms with Crippen molar-refractivity contribution in [3.63, 3.8) is 0 Å². The van der Waals surface area contributed by atoms with Crippen LogP contribution in [0.15, 0.2) is 77.3 Å². The first-order chi connectivity index (χ1) is 15.5. The third-order valence-electron chi connectivity index (χ3n) is 6.27. The monoisotopic (exact) mass is 417 g/mol. The number of nitrogens with zero attached hydrogens (tertiary/aromatic N) is 2. The summed E-state index contributed by atoms with van der Waals surface area (Å²) in [6.45, 7) is 14.3. The molecule has 0 radical (unpaired) electrons. The molecule has 0 atom stereocenters. The summed E-state index contributed by atoms with van der Waals surface area (Å²) in [5.74, 6) is 0.446. The zero-order valence-corrected chi connectivity index (χ0v) is 18.8. The summed E-state index contributed by atoms with van der Waals surface area (Å²) in [6.07, 6.45) is 2.14. The van der Waals surface area contributed by atoms with Crippen molar-refractivity contribution < 1.29 is 8.98 Å². The molecule has 0 aliphatic heterocycles. The zero-order chi connectivity index (χ0) is 22.4. The van der Waals surface area contributed by atoms with Crippen LogP contribution in [0.2, 0.25) is 0 Å². The maximum absolute atomic E-state index is 7.73. The highest BCUT2D eigenvalue weighted by molar-refractivity contribution is 6.17. The molecule has 0 bridgehead atoms. The van der Waals surface area contributed by atoms with Gasteiger partial charge in [-0.3, -0.25) is 0 Å². The van der Waals surface area contributed by atoms with Crippen LogP contribution >= 0.6 is 0 Å². The lowest BCUT2D eigenvalue weighted by molar-refractivity contribution is -0.660. The fraction of sp³-hybridized carbons (Fsp3) is 0.172. The van der Waals surface area contributed by atoms with E-state index in [0.717, 1.165) is 38.8 Å². The van der Waals surface area contributed by atoms with E-state index in [-0.39, 0.29) is 0 Å². The fourth-order valence-electron chi connectivity index (χ4n) is 4.53. The molecule has 156 valence electrons. The Kier molecular flexibility index (Phi) is 4.79. The first-order valence-electron chi connectivity index (χ1n) is 10.9. The smallest absolute Gasteiger partial charge is 0.213 e. The Labute approximate surface area is 188 Å². The van der Waals surface area contributed by atoms with Gasteiger partial charge in [-0.05, 0) is 35.6 Å². The minimum atomic E-state index is 0.446. The molecule has 0 N–H and O–H groups in total. The van der Waals surface area contributed by atoms with E-state index in [4.69, 9.17) is 11.0 Å². The molecule has 0 aliphatic rings. The van der Waals surface area contributed by atoms with E-state index in [0.29, 0.717) is 11.6 Å². The van der Waals surface area contributed by atoms with E-state index in [9.17, 15) is 0 Å². The Morgan fingerprint density at radius 2 is 1.72 bits per heavy atom. The summed E-state index contributed by atoms with van der Waals surface area (Å²) in [5.41, 5.74) is 8.93. The molecule has 0 saturated carbocycles. The standard InChI is InChI=1S/C29H25N2O/c1-18(2)21-15-16-31(5)24(17-21)26-19(3)11-14-25-28(26)22-12-13-23(30-4)27(29(22)32-25)20-9-7-6-8-10-20/h6-18H,1-3,5H3/q+1. The lowest BCUT2D eigenvalue weighted by atomic mass is 9.94. The van der Waals surface area contributed by atoms with E-state index in [2.05, 4.69) is 61.6 Å². The van der Waals surface area contributed by atoms with Gasteiger partial charge in [0, 0.05) is 28.5 Å². The third kappa shape index (κ3) is 3.08. The molecule has 2 heterocycles. The molecule has 3 aromatic carbocycles. The van der Waals surface area contributed by atoms with Gasteiger partial charge in [0.25, 0.3) is 0 Å². The summed E-state index contributed by atoms with van der Waals surface area (Å²) < 4.78 is 8.64. The Balaban J connectivity index is 1.91. The summed E-state index contributed by atoms with van der Waals surface area (Å²) in [6, 6.07) is 22.7. The Bertz CT molecular complexity index is 1520. The number of fused-ring (bicyclic) bond motifs is 3. The molecule has 0 spiro atoms. The SMILES string of the molecule is [C-]#[N+]c1ccc2c(oc3ccc(C)c(-c4cc(C(C)C)cc[n+]4C)c32)c1-c1ccccc1. The molecule has 5 rings (SSSR count). The van der Waals surface area contributed by atoms with Crippen molar-refractivity contribution in [2.45, 2.75) is 26.7 Å². The van der Waals surface area contributed by atoms with Gasteiger partial charge in [0.2, 0.25) is 5.69 Å².